The van der Waals surface area contributed by atoms with E-state index in [9.17, 15) is 14.9 Å². The molecule has 0 atom stereocenters. The summed E-state index contributed by atoms with van der Waals surface area (Å²) in [5.41, 5.74) is 0.274. The van der Waals surface area contributed by atoms with Gasteiger partial charge in [0.05, 0.1) is 23.5 Å². The fraction of sp³-hybridized carbons (Fsp3) is 0.231. The topological polar surface area (TPSA) is 127 Å². The smallest absolute Gasteiger partial charge is 0.362 e. The number of carbonyl (C=O) groups is 1. The van der Waals surface area contributed by atoms with Gasteiger partial charge in [-0.15, -0.1) is 0 Å². The lowest BCUT2D eigenvalue weighted by molar-refractivity contribution is -0.384. The first-order valence-corrected chi connectivity index (χ1v) is 6.21. The Kier molecular flexibility index (Phi) is 6.35. The van der Waals surface area contributed by atoms with E-state index in [2.05, 4.69) is 20.1 Å². The summed E-state index contributed by atoms with van der Waals surface area (Å²) < 4.78 is 4.69. The Balaban J connectivity index is 2.81. The normalized spacial score (nSPS) is 12.5. The number of oxime groups is 1. The summed E-state index contributed by atoms with van der Waals surface area (Å²) in [6.07, 6.45) is 1.34. The number of nitro groups is 1. The van der Waals surface area contributed by atoms with Gasteiger partial charge in [-0.25, -0.2) is 4.79 Å². The molecule has 1 rings (SSSR count). The van der Waals surface area contributed by atoms with Gasteiger partial charge in [0.15, 0.2) is 0 Å². The average Bonchev–Trinajstić information content (AvgIpc) is 2.48. The fourth-order valence-electron chi connectivity index (χ4n) is 1.37. The number of hydrogen-bond donors (Lipinski definition) is 1. The molecule has 1 aromatic carbocycles. The van der Waals surface area contributed by atoms with E-state index in [1.54, 1.807) is 6.92 Å². The maximum atomic E-state index is 11.4. The third-order valence-corrected chi connectivity index (χ3v) is 2.43. The third kappa shape index (κ3) is 4.78. The van der Waals surface area contributed by atoms with Crippen LogP contribution in [0, 0.1) is 10.1 Å². The zero-order valence-electron chi connectivity index (χ0n) is 12.0. The van der Waals surface area contributed by atoms with Crippen LogP contribution in [0.15, 0.2) is 39.6 Å². The highest BCUT2D eigenvalue weighted by atomic mass is 16.6. The Morgan fingerprint density at radius 3 is 2.55 bits per heavy atom. The predicted molar refractivity (Wildman–Crippen MR) is 79.7 cm³/mol. The van der Waals surface area contributed by atoms with Gasteiger partial charge in [-0.1, -0.05) is 5.16 Å². The number of rotatable bonds is 6. The van der Waals surface area contributed by atoms with Crippen LogP contribution in [-0.4, -0.2) is 40.3 Å². The minimum absolute atomic E-state index is 0.0335. The predicted octanol–water partition coefficient (Wildman–Crippen LogP) is 1.78. The van der Waals surface area contributed by atoms with Crippen molar-refractivity contribution in [2.24, 2.45) is 15.4 Å². The van der Waals surface area contributed by atoms with E-state index in [0.717, 1.165) is 0 Å². The second kappa shape index (κ2) is 8.25. The van der Waals surface area contributed by atoms with Crippen molar-refractivity contribution < 1.29 is 19.7 Å². The standard InChI is InChI=1S/C13H14N4O5/c1-3-22-13(18)12(16-19)9(2)15-14-8-10-4-6-11(7-5-10)17(20)21/h4-8,19H,3H2,1-2H3/b14-8-,15-9-,16-12+. The van der Waals surface area contributed by atoms with Crippen LogP contribution < -0.4 is 0 Å². The van der Waals surface area contributed by atoms with Crippen molar-refractivity contribution in [2.75, 3.05) is 6.61 Å². The fourth-order valence-corrected chi connectivity index (χ4v) is 1.37. The monoisotopic (exact) mass is 306 g/mol. The van der Waals surface area contributed by atoms with E-state index in [1.165, 1.54) is 37.4 Å². The van der Waals surface area contributed by atoms with E-state index in [4.69, 9.17) is 5.21 Å². The molecule has 0 aliphatic carbocycles. The summed E-state index contributed by atoms with van der Waals surface area (Å²) in [5, 5.41) is 29.6. The third-order valence-electron chi connectivity index (χ3n) is 2.43. The molecule has 9 heteroatoms. The van der Waals surface area contributed by atoms with Crippen LogP contribution in [0.25, 0.3) is 0 Å². The first-order chi connectivity index (χ1) is 10.5. The summed E-state index contributed by atoms with van der Waals surface area (Å²) in [6, 6.07) is 5.66. The number of nitro benzene ring substituents is 1. The number of non-ortho nitro benzene ring substituents is 1. The molecule has 0 radical (unpaired) electrons. The highest BCUT2D eigenvalue weighted by Gasteiger charge is 2.16. The average molecular weight is 306 g/mol. The highest BCUT2D eigenvalue weighted by Crippen LogP contribution is 2.10. The molecule has 1 aromatic rings. The first kappa shape index (κ1) is 17.0. The van der Waals surface area contributed by atoms with Gasteiger partial charge >= 0.3 is 5.97 Å². The van der Waals surface area contributed by atoms with Crippen LogP contribution >= 0.6 is 0 Å². The number of benzene rings is 1. The zero-order chi connectivity index (χ0) is 16.5. The Labute approximate surface area is 125 Å². The van der Waals surface area contributed by atoms with Crippen LogP contribution in [0.5, 0.6) is 0 Å². The van der Waals surface area contributed by atoms with Gasteiger partial charge in [-0.2, -0.15) is 10.2 Å². The van der Waals surface area contributed by atoms with Crippen molar-refractivity contribution in [1.29, 1.82) is 0 Å². The van der Waals surface area contributed by atoms with E-state index in [-0.39, 0.29) is 23.7 Å². The zero-order valence-corrected chi connectivity index (χ0v) is 12.0. The molecule has 0 bridgehead atoms. The summed E-state index contributed by atoms with van der Waals surface area (Å²) in [4.78, 5) is 21.4. The highest BCUT2D eigenvalue weighted by molar-refractivity contribution is 6.65. The summed E-state index contributed by atoms with van der Waals surface area (Å²) in [7, 11) is 0. The molecule has 0 aliphatic rings. The quantitative estimate of drug-likeness (QED) is 0.282. The Hall–Kier alpha value is -3.10. The van der Waals surface area contributed by atoms with Crippen molar-refractivity contribution in [3.8, 4) is 0 Å². The lowest BCUT2D eigenvalue weighted by atomic mass is 10.2. The molecule has 0 aromatic heterocycles. The van der Waals surface area contributed by atoms with Crippen LogP contribution in [0.3, 0.4) is 0 Å². The molecule has 0 fully saturated rings. The number of ether oxygens (including phenoxy) is 1. The van der Waals surface area contributed by atoms with Crippen LogP contribution in [0.4, 0.5) is 5.69 Å². The molecule has 22 heavy (non-hydrogen) atoms. The van der Waals surface area contributed by atoms with Crippen molar-refractivity contribution in [3.63, 3.8) is 0 Å². The Morgan fingerprint density at radius 2 is 2.05 bits per heavy atom. The molecule has 0 saturated heterocycles. The molecule has 0 spiro atoms. The Bertz CT molecular complexity index is 634. The van der Waals surface area contributed by atoms with Crippen molar-refractivity contribution >= 4 is 29.3 Å². The minimum Gasteiger partial charge on any atom is -0.461 e. The van der Waals surface area contributed by atoms with Gasteiger partial charge in [0, 0.05) is 12.1 Å². The molecule has 0 heterocycles. The maximum absolute atomic E-state index is 11.4. The van der Waals surface area contributed by atoms with Gasteiger partial charge in [0.25, 0.3) is 5.69 Å². The van der Waals surface area contributed by atoms with Crippen LogP contribution in [0.1, 0.15) is 19.4 Å². The second-order valence-electron chi connectivity index (χ2n) is 3.95. The Morgan fingerprint density at radius 1 is 1.41 bits per heavy atom. The molecule has 0 aliphatic heterocycles. The molecule has 0 saturated carbocycles. The molecule has 116 valence electrons. The van der Waals surface area contributed by atoms with Gasteiger partial charge in [-0.3, -0.25) is 10.1 Å². The van der Waals surface area contributed by atoms with Crippen molar-refractivity contribution in [3.05, 3.63) is 39.9 Å². The van der Waals surface area contributed by atoms with E-state index in [1.807, 2.05) is 0 Å². The molecule has 0 unspecified atom stereocenters. The molecule has 1 N–H and O–H groups in total. The lowest BCUT2D eigenvalue weighted by Gasteiger charge is -2.01. The number of carbonyl (C=O) groups excluding carboxylic acids is 1. The molecule has 9 nitrogen and oxygen atoms in total. The number of nitrogens with zero attached hydrogens (tertiary/aromatic N) is 4. The summed E-state index contributed by atoms with van der Waals surface area (Å²) >= 11 is 0. The molecule has 0 amide bonds. The summed E-state index contributed by atoms with van der Waals surface area (Å²) in [5.74, 6) is -0.809. The van der Waals surface area contributed by atoms with E-state index < -0.39 is 10.9 Å². The van der Waals surface area contributed by atoms with Crippen molar-refractivity contribution in [2.45, 2.75) is 13.8 Å². The largest absolute Gasteiger partial charge is 0.461 e. The van der Waals surface area contributed by atoms with Gasteiger partial charge < -0.3 is 9.94 Å². The van der Waals surface area contributed by atoms with E-state index >= 15 is 0 Å². The van der Waals surface area contributed by atoms with Gasteiger partial charge in [0.2, 0.25) is 5.71 Å². The maximum Gasteiger partial charge on any atom is 0.362 e. The number of esters is 1. The molecular weight excluding hydrogens is 292 g/mol. The van der Waals surface area contributed by atoms with Gasteiger partial charge in [-0.05, 0) is 31.5 Å². The summed E-state index contributed by atoms with van der Waals surface area (Å²) in [6.45, 7) is 3.18. The SMILES string of the molecule is CCOC(=O)C(=N/O)/C(C)=N\N=C/c1ccc([N+](=O)[O-])cc1. The lowest BCUT2D eigenvalue weighted by Crippen LogP contribution is -2.24. The second-order valence-corrected chi connectivity index (χ2v) is 3.95. The van der Waals surface area contributed by atoms with E-state index in [0.29, 0.717) is 5.56 Å². The van der Waals surface area contributed by atoms with Gasteiger partial charge in [0.1, 0.15) is 0 Å². The first-order valence-electron chi connectivity index (χ1n) is 6.21. The van der Waals surface area contributed by atoms with Crippen LogP contribution in [0.2, 0.25) is 0 Å². The van der Waals surface area contributed by atoms with Crippen LogP contribution in [-0.2, 0) is 9.53 Å². The van der Waals surface area contributed by atoms with Crippen molar-refractivity contribution in [1.82, 2.24) is 0 Å². The number of hydrogen-bond acceptors (Lipinski definition) is 8. The minimum atomic E-state index is -0.809. The molecular formula is C13H14N4O5.